The van der Waals surface area contributed by atoms with E-state index in [1.54, 1.807) is 6.92 Å². The summed E-state index contributed by atoms with van der Waals surface area (Å²) in [4.78, 5) is 12.0. The van der Waals surface area contributed by atoms with Gasteiger partial charge in [0.25, 0.3) is 0 Å². The Labute approximate surface area is 113 Å². The highest BCUT2D eigenvalue weighted by atomic mass is 19.1. The van der Waals surface area contributed by atoms with Crippen molar-refractivity contribution in [3.05, 3.63) is 51.6 Å². The lowest BCUT2D eigenvalue weighted by atomic mass is 10.0. The molecule has 1 heterocycles. The first-order chi connectivity index (χ1) is 9.49. The molecule has 20 heavy (non-hydrogen) atoms. The summed E-state index contributed by atoms with van der Waals surface area (Å²) in [6, 6.07) is 3.68. The predicted octanol–water partition coefficient (Wildman–Crippen LogP) is 3.48. The van der Waals surface area contributed by atoms with Crippen LogP contribution in [0.3, 0.4) is 0 Å². The number of hydrogen-bond acceptors (Lipinski definition) is 3. The fourth-order valence-corrected chi connectivity index (χ4v) is 2.27. The van der Waals surface area contributed by atoms with E-state index >= 15 is 0 Å². The van der Waals surface area contributed by atoms with Crippen molar-refractivity contribution < 1.29 is 18.3 Å². The van der Waals surface area contributed by atoms with Gasteiger partial charge in [-0.15, -0.1) is 0 Å². The van der Waals surface area contributed by atoms with Gasteiger partial charge in [0.1, 0.15) is 11.4 Å². The van der Waals surface area contributed by atoms with Gasteiger partial charge in [-0.05, 0) is 43.0 Å². The van der Waals surface area contributed by atoms with Crippen molar-refractivity contribution in [1.82, 2.24) is 0 Å². The third-order valence-electron chi connectivity index (χ3n) is 3.47. The number of halogens is 2. The number of aromatic hydroxyl groups is 1. The summed E-state index contributed by atoms with van der Waals surface area (Å²) >= 11 is 0. The minimum absolute atomic E-state index is 0.0870. The maximum atomic E-state index is 14.1. The van der Waals surface area contributed by atoms with Crippen molar-refractivity contribution in [3.8, 4) is 16.9 Å². The number of hydrogen-bond donors (Lipinski definition) is 1. The van der Waals surface area contributed by atoms with E-state index < -0.39 is 23.0 Å². The van der Waals surface area contributed by atoms with E-state index in [1.807, 2.05) is 0 Å². The van der Waals surface area contributed by atoms with Crippen molar-refractivity contribution >= 4 is 0 Å². The highest BCUT2D eigenvalue weighted by molar-refractivity contribution is 5.72. The standard InChI is InChI=1S/C15H12F2O3/c1-7-6-9(16)4-5-10(7)11-13(18)12(17)14(8-2-3-8)20-15(11)19/h4-6,8,18H,2-3H2,1H3. The zero-order chi connectivity index (χ0) is 14.4. The molecule has 1 aromatic heterocycles. The lowest BCUT2D eigenvalue weighted by Crippen LogP contribution is -2.08. The van der Waals surface area contributed by atoms with Gasteiger partial charge in [-0.2, -0.15) is 4.39 Å². The molecule has 0 aliphatic heterocycles. The Morgan fingerprint density at radius 2 is 2.00 bits per heavy atom. The van der Waals surface area contributed by atoms with Gasteiger partial charge in [0.05, 0.1) is 0 Å². The Kier molecular flexibility index (Phi) is 2.85. The third kappa shape index (κ3) is 1.99. The van der Waals surface area contributed by atoms with Crippen molar-refractivity contribution in [1.29, 1.82) is 0 Å². The summed E-state index contributed by atoms with van der Waals surface area (Å²) in [6.45, 7) is 1.57. The van der Waals surface area contributed by atoms with Crippen LogP contribution >= 0.6 is 0 Å². The molecule has 3 nitrogen and oxygen atoms in total. The predicted molar refractivity (Wildman–Crippen MR) is 68.7 cm³/mol. The monoisotopic (exact) mass is 278 g/mol. The van der Waals surface area contributed by atoms with Crippen LogP contribution in [0.4, 0.5) is 8.78 Å². The number of aryl methyl sites for hydroxylation is 1. The maximum Gasteiger partial charge on any atom is 0.347 e. The minimum Gasteiger partial charge on any atom is -0.504 e. The highest BCUT2D eigenvalue weighted by Crippen LogP contribution is 2.44. The zero-order valence-corrected chi connectivity index (χ0v) is 10.7. The molecule has 1 saturated carbocycles. The molecule has 1 fully saturated rings. The molecule has 0 bridgehead atoms. The van der Waals surface area contributed by atoms with Gasteiger partial charge in [-0.1, -0.05) is 6.07 Å². The molecule has 2 aromatic rings. The molecule has 0 unspecified atom stereocenters. The van der Waals surface area contributed by atoms with Crippen molar-refractivity contribution in [2.75, 3.05) is 0 Å². The van der Waals surface area contributed by atoms with Crippen LogP contribution in [0, 0.1) is 18.6 Å². The second-order valence-electron chi connectivity index (χ2n) is 5.02. The molecule has 104 valence electrons. The first-order valence-electron chi connectivity index (χ1n) is 6.31. The summed E-state index contributed by atoms with van der Waals surface area (Å²) in [5.74, 6) is -2.30. The third-order valence-corrected chi connectivity index (χ3v) is 3.47. The molecule has 0 saturated heterocycles. The van der Waals surface area contributed by atoms with Gasteiger partial charge in [-0.25, -0.2) is 9.18 Å². The van der Waals surface area contributed by atoms with Crippen molar-refractivity contribution in [3.63, 3.8) is 0 Å². The Hall–Kier alpha value is -2.17. The van der Waals surface area contributed by atoms with Crippen molar-refractivity contribution in [2.24, 2.45) is 0 Å². The topological polar surface area (TPSA) is 50.4 Å². The molecular formula is C15H12F2O3. The van der Waals surface area contributed by atoms with Crippen LogP contribution in [0.25, 0.3) is 11.1 Å². The van der Waals surface area contributed by atoms with Crippen LogP contribution in [0.2, 0.25) is 0 Å². The Balaban J connectivity index is 2.24. The molecular weight excluding hydrogens is 266 g/mol. The van der Waals surface area contributed by atoms with Crippen LogP contribution in [0.15, 0.2) is 27.4 Å². The summed E-state index contributed by atoms with van der Waals surface area (Å²) in [5.41, 5.74) is -0.380. The van der Waals surface area contributed by atoms with Gasteiger partial charge in [0, 0.05) is 5.92 Å². The Bertz CT molecular complexity index is 746. The SMILES string of the molecule is Cc1cc(F)ccc1-c1c(O)c(F)c(C2CC2)oc1=O. The van der Waals surface area contributed by atoms with E-state index in [0.29, 0.717) is 5.56 Å². The summed E-state index contributed by atoms with van der Waals surface area (Å²) in [5, 5.41) is 9.95. The van der Waals surface area contributed by atoms with Crippen LogP contribution < -0.4 is 5.63 Å². The molecule has 3 rings (SSSR count). The minimum atomic E-state index is -0.897. The average Bonchev–Trinajstić information content (AvgIpc) is 3.20. The Morgan fingerprint density at radius 1 is 1.30 bits per heavy atom. The molecule has 1 N–H and O–H groups in total. The molecule has 0 atom stereocenters. The fourth-order valence-electron chi connectivity index (χ4n) is 2.27. The largest absolute Gasteiger partial charge is 0.504 e. The number of benzene rings is 1. The van der Waals surface area contributed by atoms with Gasteiger partial charge < -0.3 is 9.52 Å². The first-order valence-corrected chi connectivity index (χ1v) is 6.31. The summed E-state index contributed by atoms with van der Waals surface area (Å²) in [6.07, 6.45) is 1.49. The van der Waals surface area contributed by atoms with E-state index in [4.69, 9.17) is 4.42 Å². The lowest BCUT2D eigenvalue weighted by Gasteiger charge is -2.09. The first kappa shape index (κ1) is 12.8. The molecule has 1 aliphatic carbocycles. The van der Waals surface area contributed by atoms with E-state index in [9.17, 15) is 18.7 Å². The molecule has 0 spiro atoms. The number of rotatable bonds is 2. The summed E-state index contributed by atoms with van der Waals surface area (Å²) in [7, 11) is 0. The quantitative estimate of drug-likeness (QED) is 0.915. The summed E-state index contributed by atoms with van der Waals surface area (Å²) < 4.78 is 32.2. The zero-order valence-electron chi connectivity index (χ0n) is 10.7. The van der Waals surface area contributed by atoms with Crippen LogP contribution in [0.5, 0.6) is 5.75 Å². The van der Waals surface area contributed by atoms with Gasteiger partial charge in [0.2, 0.25) is 5.82 Å². The van der Waals surface area contributed by atoms with E-state index in [0.717, 1.165) is 18.9 Å². The molecule has 5 heteroatoms. The van der Waals surface area contributed by atoms with Gasteiger partial charge in [0.15, 0.2) is 11.5 Å². The molecule has 0 amide bonds. The Morgan fingerprint density at radius 3 is 2.60 bits per heavy atom. The fraction of sp³-hybridized carbons (Fsp3) is 0.267. The second-order valence-corrected chi connectivity index (χ2v) is 5.02. The second kappa shape index (κ2) is 4.44. The lowest BCUT2D eigenvalue weighted by molar-refractivity contribution is 0.369. The van der Waals surface area contributed by atoms with E-state index in [-0.39, 0.29) is 22.8 Å². The average molecular weight is 278 g/mol. The van der Waals surface area contributed by atoms with Crippen LogP contribution in [0.1, 0.15) is 30.1 Å². The van der Waals surface area contributed by atoms with Gasteiger partial charge >= 0.3 is 5.63 Å². The van der Waals surface area contributed by atoms with Crippen LogP contribution in [-0.4, -0.2) is 5.11 Å². The van der Waals surface area contributed by atoms with Gasteiger partial charge in [-0.3, -0.25) is 0 Å². The maximum absolute atomic E-state index is 14.1. The molecule has 0 radical (unpaired) electrons. The van der Waals surface area contributed by atoms with E-state index in [1.165, 1.54) is 12.1 Å². The van der Waals surface area contributed by atoms with Crippen LogP contribution in [-0.2, 0) is 0 Å². The molecule has 1 aromatic carbocycles. The highest BCUT2D eigenvalue weighted by Gasteiger charge is 2.33. The molecule has 1 aliphatic rings. The smallest absolute Gasteiger partial charge is 0.347 e. The van der Waals surface area contributed by atoms with Crippen molar-refractivity contribution in [2.45, 2.75) is 25.7 Å². The van der Waals surface area contributed by atoms with E-state index in [2.05, 4.69) is 0 Å². The normalized spacial score (nSPS) is 14.6.